The fraction of sp³-hybridized carbons (Fsp3) is 0.516. The van der Waals surface area contributed by atoms with Gasteiger partial charge in [-0.2, -0.15) is 13.2 Å². The van der Waals surface area contributed by atoms with Crippen LogP contribution in [0.15, 0.2) is 39.7 Å². The van der Waals surface area contributed by atoms with E-state index in [0.717, 1.165) is 6.07 Å². The molecule has 1 aliphatic rings. The Kier molecular flexibility index (Phi) is 12.7. The normalized spacial score (nSPS) is 16.2. The number of piperidine rings is 1. The van der Waals surface area contributed by atoms with Gasteiger partial charge in [-0.05, 0) is 81.6 Å². The molecule has 0 radical (unpaired) electrons. The quantitative estimate of drug-likeness (QED) is 0.268. The number of nitrogens with one attached hydrogen (secondary N) is 2. The second-order valence-corrected chi connectivity index (χ2v) is 15.6. The van der Waals surface area contributed by atoms with Crippen molar-refractivity contribution in [2.45, 2.75) is 89.2 Å². The van der Waals surface area contributed by atoms with E-state index in [4.69, 9.17) is 16.3 Å². The number of nitrogens with zero attached hydrogens (tertiary/aromatic N) is 1. The summed E-state index contributed by atoms with van der Waals surface area (Å²) in [5.74, 6) is -1.85. The van der Waals surface area contributed by atoms with Gasteiger partial charge in [-0.1, -0.05) is 34.5 Å². The minimum Gasteiger partial charge on any atom is -0.460 e. The zero-order valence-electron chi connectivity index (χ0n) is 26.0. The Morgan fingerprint density at radius 2 is 1.80 bits per heavy atom. The molecule has 3 rings (SSSR count). The molecule has 0 bridgehead atoms. The minimum absolute atomic E-state index is 0.0220. The van der Waals surface area contributed by atoms with Gasteiger partial charge >= 0.3 is 12.1 Å². The van der Waals surface area contributed by atoms with Crippen LogP contribution in [0.25, 0.3) is 0 Å². The molecule has 0 aromatic heterocycles. The molecule has 9 nitrogen and oxygen atoms in total. The third-order valence-electron chi connectivity index (χ3n) is 7.17. The van der Waals surface area contributed by atoms with Gasteiger partial charge in [-0.3, -0.25) is 19.3 Å². The van der Waals surface area contributed by atoms with Crippen molar-refractivity contribution >= 4 is 55.2 Å². The number of hydrogen-bond donors (Lipinski definition) is 2. The molecule has 2 aromatic carbocycles. The Hall–Kier alpha value is -2.68. The van der Waals surface area contributed by atoms with E-state index < -0.39 is 39.1 Å². The van der Waals surface area contributed by atoms with Crippen molar-refractivity contribution in [2.24, 2.45) is 0 Å². The Morgan fingerprint density at radius 3 is 2.43 bits per heavy atom. The van der Waals surface area contributed by atoms with Gasteiger partial charge in [0.15, 0.2) is 9.84 Å². The predicted molar refractivity (Wildman–Crippen MR) is 171 cm³/mol. The Balaban J connectivity index is 1.72. The Morgan fingerprint density at radius 1 is 1.11 bits per heavy atom. The van der Waals surface area contributed by atoms with Crippen LogP contribution in [0.5, 0.6) is 0 Å². The van der Waals surface area contributed by atoms with E-state index in [-0.39, 0.29) is 74.7 Å². The maximum Gasteiger partial charge on any atom is 0.416 e. The molecule has 1 saturated heterocycles. The number of carbonyl (C=O) groups is 3. The highest BCUT2D eigenvalue weighted by molar-refractivity contribution is 9.10. The molecule has 1 heterocycles. The number of esters is 1. The van der Waals surface area contributed by atoms with E-state index >= 15 is 0 Å². The maximum absolute atomic E-state index is 14.3. The fourth-order valence-corrected chi connectivity index (χ4v) is 6.95. The van der Waals surface area contributed by atoms with E-state index in [2.05, 4.69) is 26.6 Å². The summed E-state index contributed by atoms with van der Waals surface area (Å²) in [7, 11) is -3.65. The smallest absolute Gasteiger partial charge is 0.416 e. The second kappa shape index (κ2) is 15.5. The van der Waals surface area contributed by atoms with Gasteiger partial charge in [0.25, 0.3) is 5.91 Å². The number of sulfone groups is 1. The monoisotopic (exact) mass is 751 g/mol. The Labute approximate surface area is 280 Å². The SMILES string of the molecule is CCS(=O)(=O)c1ccc(Cl)cc1CNC(=O)c1cc(Br)c(CN2CCC[C@H](NC(=O)CCC(=O)OC(C)(C)C)C2)c(C(F)(F)F)c1. The third kappa shape index (κ3) is 11.0. The van der Waals surface area contributed by atoms with Crippen molar-refractivity contribution in [3.05, 3.63) is 62.1 Å². The lowest BCUT2D eigenvalue weighted by Crippen LogP contribution is -2.47. The van der Waals surface area contributed by atoms with Crippen molar-refractivity contribution in [2.75, 3.05) is 18.8 Å². The van der Waals surface area contributed by atoms with Gasteiger partial charge in [0, 0.05) is 47.2 Å². The van der Waals surface area contributed by atoms with Gasteiger partial charge in [0.05, 0.1) is 22.6 Å². The maximum atomic E-state index is 14.3. The number of hydrogen-bond acceptors (Lipinski definition) is 7. The number of halogens is 5. The largest absolute Gasteiger partial charge is 0.460 e. The molecule has 0 saturated carbocycles. The molecule has 0 unspecified atom stereocenters. The summed E-state index contributed by atoms with van der Waals surface area (Å²) in [5.41, 5.74) is -1.77. The van der Waals surface area contributed by atoms with Crippen molar-refractivity contribution < 1.29 is 40.7 Å². The second-order valence-electron chi connectivity index (χ2n) is 12.0. The number of alkyl halides is 3. The molecule has 1 fully saturated rings. The number of benzene rings is 2. The molecule has 2 amide bonds. The molecular formula is C31H38BrClF3N3O6S. The van der Waals surface area contributed by atoms with E-state index in [1.54, 1.807) is 25.7 Å². The highest BCUT2D eigenvalue weighted by Crippen LogP contribution is 2.37. The highest BCUT2D eigenvalue weighted by atomic mass is 79.9. The van der Waals surface area contributed by atoms with Crippen LogP contribution < -0.4 is 10.6 Å². The number of carbonyl (C=O) groups excluding carboxylic acids is 3. The van der Waals surface area contributed by atoms with Crippen molar-refractivity contribution in [3.8, 4) is 0 Å². The van der Waals surface area contributed by atoms with Crippen LogP contribution in [0.4, 0.5) is 13.2 Å². The number of amides is 2. The summed E-state index contributed by atoms with van der Waals surface area (Å²) in [6.07, 6.45) is -3.66. The zero-order chi connectivity index (χ0) is 34.4. The van der Waals surface area contributed by atoms with E-state index in [1.807, 2.05) is 0 Å². The molecule has 0 aliphatic carbocycles. The summed E-state index contributed by atoms with van der Waals surface area (Å²) in [6.45, 7) is 7.09. The van der Waals surface area contributed by atoms with Crippen LogP contribution in [0.2, 0.25) is 5.02 Å². The lowest BCUT2D eigenvalue weighted by molar-refractivity contribution is -0.155. The molecule has 15 heteroatoms. The molecule has 1 aliphatic heterocycles. The molecule has 254 valence electrons. The molecule has 0 spiro atoms. The van der Waals surface area contributed by atoms with Gasteiger partial charge < -0.3 is 15.4 Å². The number of ether oxygens (including phenoxy) is 1. The van der Waals surface area contributed by atoms with E-state index in [9.17, 15) is 36.0 Å². The molecule has 2 N–H and O–H groups in total. The summed E-state index contributed by atoms with van der Waals surface area (Å²) >= 11 is 9.26. The van der Waals surface area contributed by atoms with Gasteiger partial charge in [0.1, 0.15) is 5.60 Å². The lowest BCUT2D eigenvalue weighted by atomic mass is 10.00. The first-order valence-corrected chi connectivity index (χ1v) is 17.5. The van der Waals surface area contributed by atoms with Crippen LogP contribution >= 0.6 is 27.5 Å². The van der Waals surface area contributed by atoms with Crippen molar-refractivity contribution in [3.63, 3.8) is 0 Å². The first-order valence-electron chi connectivity index (χ1n) is 14.7. The zero-order valence-corrected chi connectivity index (χ0v) is 29.2. The highest BCUT2D eigenvalue weighted by Gasteiger charge is 2.36. The molecular weight excluding hydrogens is 715 g/mol. The number of likely N-dealkylation sites (tertiary alicyclic amines) is 1. The van der Waals surface area contributed by atoms with Crippen LogP contribution in [0.3, 0.4) is 0 Å². The van der Waals surface area contributed by atoms with Gasteiger partial charge in [0.2, 0.25) is 5.91 Å². The topological polar surface area (TPSA) is 122 Å². The standard InChI is InChI=1S/C31H38BrClF3N3O6S/c1-5-46(43,44)26-9-8-21(33)13-20(26)16-37-29(42)19-14-24(31(34,35)36)23(25(32)15-19)18-39-12-6-7-22(17-39)38-27(40)10-11-28(41)45-30(2,3)4/h8-9,13-15,22H,5-7,10-12,16-18H2,1-4H3,(H,37,42)(H,38,40)/t22-/m0/s1. The van der Waals surface area contributed by atoms with Crippen molar-refractivity contribution in [1.82, 2.24) is 15.5 Å². The summed E-state index contributed by atoms with van der Waals surface area (Å²) in [5, 5.41) is 5.61. The van der Waals surface area contributed by atoms with Gasteiger partial charge in [-0.15, -0.1) is 0 Å². The summed E-state index contributed by atoms with van der Waals surface area (Å²) < 4.78 is 73.2. The average molecular weight is 753 g/mol. The molecule has 2 aromatic rings. The van der Waals surface area contributed by atoms with Crippen LogP contribution in [0.1, 0.15) is 80.4 Å². The molecule has 46 heavy (non-hydrogen) atoms. The van der Waals surface area contributed by atoms with E-state index in [0.29, 0.717) is 25.9 Å². The summed E-state index contributed by atoms with van der Waals surface area (Å²) in [6, 6.07) is 5.88. The predicted octanol–water partition coefficient (Wildman–Crippen LogP) is 6.05. The van der Waals surface area contributed by atoms with Gasteiger partial charge in [-0.25, -0.2) is 8.42 Å². The average Bonchev–Trinajstić information content (AvgIpc) is 2.94. The third-order valence-corrected chi connectivity index (χ3v) is 9.94. The first kappa shape index (κ1) is 37.8. The van der Waals surface area contributed by atoms with Crippen LogP contribution in [-0.2, 0) is 43.4 Å². The minimum atomic E-state index is -4.78. The van der Waals surface area contributed by atoms with Crippen molar-refractivity contribution in [1.29, 1.82) is 0 Å². The lowest BCUT2D eigenvalue weighted by Gasteiger charge is -2.34. The van der Waals surface area contributed by atoms with E-state index in [1.165, 1.54) is 31.2 Å². The number of rotatable bonds is 11. The first-order chi connectivity index (χ1) is 21.3. The Bertz CT molecular complexity index is 1560. The molecule has 1 atom stereocenters. The fourth-order valence-electron chi connectivity index (χ4n) is 5.05. The van der Waals surface area contributed by atoms with Crippen LogP contribution in [-0.4, -0.2) is 61.6 Å². The summed E-state index contributed by atoms with van der Waals surface area (Å²) in [4.78, 5) is 39.2. The van der Waals surface area contributed by atoms with Crippen LogP contribution in [0, 0.1) is 0 Å².